The zero-order chi connectivity index (χ0) is 30.7. The molecule has 0 unspecified atom stereocenters. The van der Waals surface area contributed by atoms with Gasteiger partial charge in [-0.15, -0.1) is 0 Å². The van der Waals surface area contributed by atoms with Crippen molar-refractivity contribution < 1.29 is 9.59 Å². The van der Waals surface area contributed by atoms with E-state index in [1.54, 1.807) is 6.08 Å². The number of ketones is 2. The smallest absolute Gasteiger partial charge is 0.197 e. The number of allylic oxidation sites excluding steroid dienone is 1. The molecular formula is C42H29NO2. The summed E-state index contributed by atoms with van der Waals surface area (Å²) in [5.74, 6) is -0.425. The van der Waals surface area contributed by atoms with Gasteiger partial charge in [0, 0.05) is 28.2 Å². The molecule has 0 saturated heterocycles. The minimum atomic E-state index is -0.212. The van der Waals surface area contributed by atoms with Crippen LogP contribution in [0.3, 0.4) is 0 Å². The van der Waals surface area contributed by atoms with E-state index < -0.39 is 0 Å². The number of nitrogens with zero attached hydrogens (tertiary/aromatic N) is 1. The standard InChI is InChI=1S/C42H29NO2/c1-26-17-27(2)19-37(18-26)43(35-15-13-29-7-3-4-8-30(29)22-35)36-16-14-33-20-28(11-12-34(33)23-36)21-40-41(44)38-24-31-9-5-6-10-32(31)25-39(38)42(40)45/h3-25H,1-2H3. The van der Waals surface area contributed by atoms with Gasteiger partial charge in [-0.3, -0.25) is 9.59 Å². The Labute approximate surface area is 261 Å². The summed E-state index contributed by atoms with van der Waals surface area (Å²) in [5, 5.41) is 6.42. The Morgan fingerprint density at radius 1 is 0.444 bits per heavy atom. The summed E-state index contributed by atoms with van der Waals surface area (Å²) >= 11 is 0. The number of carbonyl (C=O) groups is 2. The fraction of sp³-hybridized carbons (Fsp3) is 0.0476. The molecule has 8 rings (SSSR count). The van der Waals surface area contributed by atoms with E-state index in [1.807, 2.05) is 48.5 Å². The molecule has 7 aromatic carbocycles. The lowest BCUT2D eigenvalue weighted by atomic mass is 10.0. The van der Waals surface area contributed by atoms with Gasteiger partial charge in [-0.2, -0.15) is 0 Å². The zero-order valence-corrected chi connectivity index (χ0v) is 25.0. The van der Waals surface area contributed by atoms with Crippen molar-refractivity contribution in [2.45, 2.75) is 13.8 Å². The topological polar surface area (TPSA) is 37.4 Å². The lowest BCUT2D eigenvalue weighted by Gasteiger charge is -2.27. The number of carbonyl (C=O) groups excluding carboxylic acids is 2. The number of anilines is 3. The summed E-state index contributed by atoms with van der Waals surface area (Å²) in [4.78, 5) is 29.0. The van der Waals surface area contributed by atoms with E-state index in [9.17, 15) is 9.59 Å². The summed E-state index contributed by atoms with van der Waals surface area (Å²) in [6, 6.07) is 45.7. The molecule has 7 aromatic rings. The van der Waals surface area contributed by atoms with Crippen molar-refractivity contribution >= 4 is 67.0 Å². The van der Waals surface area contributed by atoms with Gasteiger partial charge in [-0.05, 0) is 124 Å². The molecule has 214 valence electrons. The van der Waals surface area contributed by atoms with Crippen LogP contribution in [0, 0.1) is 13.8 Å². The number of fused-ring (bicyclic) bond motifs is 4. The van der Waals surface area contributed by atoms with Crippen molar-refractivity contribution in [3.8, 4) is 0 Å². The Kier molecular flexibility index (Phi) is 6.21. The first-order valence-corrected chi connectivity index (χ1v) is 15.2. The van der Waals surface area contributed by atoms with E-state index in [0.717, 1.165) is 44.2 Å². The summed E-state index contributed by atoms with van der Waals surface area (Å²) < 4.78 is 0. The van der Waals surface area contributed by atoms with E-state index in [0.29, 0.717) is 11.1 Å². The highest BCUT2D eigenvalue weighted by molar-refractivity contribution is 6.42. The fourth-order valence-corrected chi connectivity index (χ4v) is 6.63. The van der Waals surface area contributed by atoms with Crippen LogP contribution in [-0.2, 0) is 0 Å². The van der Waals surface area contributed by atoms with E-state index >= 15 is 0 Å². The van der Waals surface area contributed by atoms with Gasteiger partial charge in [0.25, 0.3) is 0 Å². The maximum absolute atomic E-state index is 13.3. The van der Waals surface area contributed by atoms with Crippen LogP contribution in [0.25, 0.3) is 38.4 Å². The molecule has 3 nitrogen and oxygen atoms in total. The van der Waals surface area contributed by atoms with Crippen molar-refractivity contribution in [2.24, 2.45) is 0 Å². The predicted octanol–water partition coefficient (Wildman–Crippen LogP) is 10.7. The van der Waals surface area contributed by atoms with Gasteiger partial charge in [0.05, 0.1) is 5.57 Å². The lowest BCUT2D eigenvalue weighted by molar-refractivity contribution is 0.0990. The Bertz CT molecular complexity index is 2320. The highest BCUT2D eigenvalue weighted by Crippen LogP contribution is 2.39. The SMILES string of the molecule is Cc1cc(C)cc(N(c2ccc3ccccc3c2)c2ccc3cc(C=C4C(=O)c5cc6ccccc6cc5C4=O)ccc3c2)c1. The molecule has 1 aliphatic rings. The molecule has 0 saturated carbocycles. The minimum absolute atomic E-state index is 0.212. The second kappa shape index (κ2) is 10.4. The first kappa shape index (κ1) is 26.8. The van der Waals surface area contributed by atoms with Gasteiger partial charge in [-0.1, -0.05) is 78.9 Å². The van der Waals surface area contributed by atoms with E-state index in [4.69, 9.17) is 0 Å². The van der Waals surface area contributed by atoms with Gasteiger partial charge in [0.15, 0.2) is 11.6 Å². The Balaban J connectivity index is 1.19. The highest BCUT2D eigenvalue weighted by Gasteiger charge is 2.33. The van der Waals surface area contributed by atoms with Crippen molar-refractivity contribution in [1.82, 2.24) is 0 Å². The number of Topliss-reactive ketones (excluding diaryl/α,β-unsaturated/α-hetero) is 2. The van der Waals surface area contributed by atoms with Crippen LogP contribution in [-0.4, -0.2) is 11.6 Å². The maximum Gasteiger partial charge on any atom is 0.197 e. The molecular weight excluding hydrogens is 550 g/mol. The summed E-state index contributed by atoms with van der Waals surface area (Å²) in [6.07, 6.45) is 1.74. The molecule has 0 spiro atoms. The van der Waals surface area contributed by atoms with Crippen LogP contribution in [0.1, 0.15) is 37.4 Å². The quantitative estimate of drug-likeness (QED) is 0.154. The first-order valence-electron chi connectivity index (χ1n) is 15.2. The lowest BCUT2D eigenvalue weighted by Crippen LogP contribution is -2.10. The van der Waals surface area contributed by atoms with E-state index in [2.05, 4.69) is 104 Å². The van der Waals surface area contributed by atoms with Crippen LogP contribution in [0.2, 0.25) is 0 Å². The van der Waals surface area contributed by atoms with Crippen molar-refractivity contribution in [2.75, 3.05) is 4.90 Å². The van der Waals surface area contributed by atoms with Crippen LogP contribution in [0.4, 0.5) is 17.1 Å². The molecule has 0 heterocycles. The van der Waals surface area contributed by atoms with Gasteiger partial charge < -0.3 is 4.90 Å². The molecule has 45 heavy (non-hydrogen) atoms. The molecule has 0 fully saturated rings. The molecule has 0 radical (unpaired) electrons. The molecule has 0 bridgehead atoms. The normalized spacial score (nSPS) is 12.7. The van der Waals surface area contributed by atoms with Gasteiger partial charge in [-0.25, -0.2) is 0 Å². The largest absolute Gasteiger partial charge is 0.310 e. The number of rotatable bonds is 4. The molecule has 1 aliphatic carbocycles. The Morgan fingerprint density at radius 2 is 0.911 bits per heavy atom. The van der Waals surface area contributed by atoms with Crippen LogP contribution in [0.15, 0.2) is 139 Å². The third kappa shape index (κ3) is 4.70. The highest BCUT2D eigenvalue weighted by atomic mass is 16.2. The Hall–Kier alpha value is -5.80. The van der Waals surface area contributed by atoms with Gasteiger partial charge in [0.1, 0.15) is 0 Å². The van der Waals surface area contributed by atoms with E-state index in [-0.39, 0.29) is 17.1 Å². The summed E-state index contributed by atoms with van der Waals surface area (Å²) in [7, 11) is 0. The molecule has 0 amide bonds. The zero-order valence-electron chi connectivity index (χ0n) is 25.0. The number of hydrogen-bond acceptors (Lipinski definition) is 3. The molecule has 0 aliphatic heterocycles. The van der Waals surface area contributed by atoms with Crippen molar-refractivity contribution in [3.63, 3.8) is 0 Å². The molecule has 0 atom stereocenters. The van der Waals surface area contributed by atoms with Crippen LogP contribution < -0.4 is 4.90 Å². The van der Waals surface area contributed by atoms with Gasteiger partial charge in [0.2, 0.25) is 0 Å². The van der Waals surface area contributed by atoms with Crippen molar-refractivity contribution in [1.29, 1.82) is 0 Å². The van der Waals surface area contributed by atoms with Gasteiger partial charge >= 0.3 is 0 Å². The Morgan fingerprint density at radius 3 is 1.51 bits per heavy atom. The average Bonchev–Trinajstić information content (AvgIpc) is 3.27. The number of benzene rings is 7. The van der Waals surface area contributed by atoms with Crippen LogP contribution >= 0.6 is 0 Å². The average molecular weight is 580 g/mol. The van der Waals surface area contributed by atoms with Crippen LogP contribution in [0.5, 0.6) is 0 Å². The monoisotopic (exact) mass is 579 g/mol. The second-order valence-corrected chi connectivity index (χ2v) is 12.0. The fourth-order valence-electron chi connectivity index (χ4n) is 6.63. The predicted molar refractivity (Wildman–Crippen MR) is 186 cm³/mol. The first-order chi connectivity index (χ1) is 21.9. The molecule has 3 heteroatoms. The minimum Gasteiger partial charge on any atom is -0.310 e. The van der Waals surface area contributed by atoms with E-state index in [1.165, 1.54) is 21.9 Å². The second-order valence-electron chi connectivity index (χ2n) is 12.0. The molecule has 0 N–H and O–H groups in total. The maximum atomic E-state index is 13.3. The third-order valence-electron chi connectivity index (χ3n) is 8.74. The molecule has 0 aromatic heterocycles. The van der Waals surface area contributed by atoms with Crippen molar-refractivity contribution in [3.05, 3.63) is 167 Å². The third-order valence-corrected chi connectivity index (χ3v) is 8.74. The summed E-state index contributed by atoms with van der Waals surface area (Å²) in [6.45, 7) is 4.26. The summed E-state index contributed by atoms with van der Waals surface area (Å²) in [5.41, 5.74) is 7.67. The number of hydrogen-bond donors (Lipinski definition) is 0. The number of aryl methyl sites for hydroxylation is 2.